The van der Waals surface area contributed by atoms with Crippen LogP contribution in [0.25, 0.3) is 0 Å². The molecular weight excluding hydrogens is 250 g/mol. The largest absolute Gasteiger partial charge is 0.497 e. The summed E-state index contributed by atoms with van der Waals surface area (Å²) in [4.78, 5) is 13.5. The molecule has 1 heterocycles. The Balaban J connectivity index is 2.40. The highest BCUT2D eigenvalue weighted by atomic mass is 16.5. The Kier molecular flexibility index (Phi) is 4.24. The molecule has 1 amide bonds. The van der Waals surface area contributed by atoms with Crippen LogP contribution in [0.5, 0.6) is 11.5 Å². The number of morpholine rings is 1. The molecule has 1 fully saturated rings. The average Bonchev–Trinajstić information content (AvgIpc) is 2.46. The summed E-state index contributed by atoms with van der Waals surface area (Å²) in [5.74, 6) is 0.962. The fraction of sp³-hybridized carbons (Fsp3) is 0.462. The lowest BCUT2D eigenvalue weighted by molar-refractivity contribution is -0.128. The van der Waals surface area contributed by atoms with Gasteiger partial charge in [0, 0.05) is 6.07 Å². The van der Waals surface area contributed by atoms with Crippen molar-refractivity contribution in [3.05, 3.63) is 18.2 Å². The third-order valence-electron chi connectivity index (χ3n) is 3.03. The molecule has 1 saturated heterocycles. The van der Waals surface area contributed by atoms with Gasteiger partial charge in [0.05, 0.1) is 39.2 Å². The van der Waals surface area contributed by atoms with Crippen molar-refractivity contribution in [2.24, 2.45) is 0 Å². The normalized spacial score (nSPS) is 19.4. The smallest absolute Gasteiger partial charge is 0.253 e. The number of rotatable bonds is 4. The monoisotopic (exact) mass is 267 g/mol. The van der Waals surface area contributed by atoms with E-state index in [0.717, 1.165) is 0 Å². The third-order valence-corrected chi connectivity index (χ3v) is 3.03. The van der Waals surface area contributed by atoms with Crippen molar-refractivity contribution in [1.82, 2.24) is 0 Å². The highest BCUT2D eigenvalue weighted by Crippen LogP contribution is 2.34. The van der Waals surface area contributed by atoms with Gasteiger partial charge in [0.15, 0.2) is 0 Å². The van der Waals surface area contributed by atoms with Gasteiger partial charge in [-0.05, 0) is 12.1 Å². The van der Waals surface area contributed by atoms with Crippen molar-refractivity contribution in [3.63, 3.8) is 0 Å². The summed E-state index contributed by atoms with van der Waals surface area (Å²) in [6.07, 6.45) is 0. The topological polar surface area (TPSA) is 68.2 Å². The van der Waals surface area contributed by atoms with Crippen LogP contribution >= 0.6 is 0 Å². The van der Waals surface area contributed by atoms with Gasteiger partial charge in [-0.2, -0.15) is 0 Å². The molecule has 0 spiro atoms. The van der Waals surface area contributed by atoms with E-state index in [-0.39, 0.29) is 19.1 Å². The molecular formula is C13H17NO5. The first-order valence-electron chi connectivity index (χ1n) is 5.94. The van der Waals surface area contributed by atoms with Gasteiger partial charge in [-0.1, -0.05) is 0 Å². The number of carbonyl (C=O) groups excluding carboxylic acids is 1. The number of anilines is 1. The minimum absolute atomic E-state index is 0.00564. The van der Waals surface area contributed by atoms with E-state index < -0.39 is 6.04 Å². The number of nitrogens with zero attached hydrogens (tertiary/aromatic N) is 1. The molecule has 19 heavy (non-hydrogen) atoms. The number of aliphatic hydroxyl groups excluding tert-OH is 1. The molecule has 1 N–H and O–H groups in total. The molecule has 0 radical (unpaired) electrons. The van der Waals surface area contributed by atoms with Crippen LogP contribution in [0.15, 0.2) is 18.2 Å². The highest BCUT2D eigenvalue weighted by Gasteiger charge is 2.31. The summed E-state index contributed by atoms with van der Waals surface area (Å²) < 4.78 is 15.5. The van der Waals surface area contributed by atoms with Crippen LogP contribution < -0.4 is 14.4 Å². The maximum Gasteiger partial charge on any atom is 0.253 e. The fourth-order valence-corrected chi connectivity index (χ4v) is 2.08. The maximum atomic E-state index is 12.0. The first-order chi connectivity index (χ1) is 9.21. The van der Waals surface area contributed by atoms with Crippen LogP contribution in [-0.4, -0.2) is 51.1 Å². The minimum atomic E-state index is -0.399. The van der Waals surface area contributed by atoms with E-state index >= 15 is 0 Å². The summed E-state index contributed by atoms with van der Waals surface area (Å²) in [7, 11) is 3.09. The molecule has 0 bridgehead atoms. The van der Waals surface area contributed by atoms with Gasteiger partial charge in [-0.15, -0.1) is 0 Å². The minimum Gasteiger partial charge on any atom is -0.497 e. The van der Waals surface area contributed by atoms with Gasteiger partial charge < -0.3 is 19.3 Å². The summed E-state index contributed by atoms with van der Waals surface area (Å²) in [5, 5.41) is 9.37. The number of ether oxygens (including phenoxy) is 3. The van der Waals surface area contributed by atoms with Gasteiger partial charge in [0.2, 0.25) is 0 Å². The van der Waals surface area contributed by atoms with Gasteiger partial charge in [0.25, 0.3) is 5.91 Å². The van der Waals surface area contributed by atoms with E-state index in [4.69, 9.17) is 14.2 Å². The van der Waals surface area contributed by atoms with Gasteiger partial charge in [-0.25, -0.2) is 0 Å². The average molecular weight is 267 g/mol. The molecule has 0 aliphatic carbocycles. The Morgan fingerprint density at radius 3 is 2.84 bits per heavy atom. The van der Waals surface area contributed by atoms with Crippen molar-refractivity contribution in [1.29, 1.82) is 0 Å². The molecule has 6 nitrogen and oxygen atoms in total. The molecule has 0 saturated carbocycles. The Labute approximate surface area is 111 Å². The molecule has 6 heteroatoms. The molecule has 1 atom stereocenters. The third kappa shape index (κ3) is 2.64. The lowest BCUT2D eigenvalue weighted by Crippen LogP contribution is -2.51. The molecule has 1 aliphatic rings. The van der Waals surface area contributed by atoms with Crippen LogP contribution in [0.3, 0.4) is 0 Å². The van der Waals surface area contributed by atoms with Crippen LogP contribution in [-0.2, 0) is 9.53 Å². The summed E-state index contributed by atoms with van der Waals surface area (Å²) in [6, 6.07) is 4.79. The van der Waals surface area contributed by atoms with Gasteiger partial charge in [-0.3, -0.25) is 9.69 Å². The number of aliphatic hydroxyl groups is 1. The molecule has 1 aliphatic heterocycles. The quantitative estimate of drug-likeness (QED) is 0.856. The van der Waals surface area contributed by atoms with E-state index in [9.17, 15) is 9.90 Å². The number of benzene rings is 1. The Morgan fingerprint density at radius 2 is 2.21 bits per heavy atom. The lowest BCUT2D eigenvalue weighted by atomic mass is 10.1. The van der Waals surface area contributed by atoms with Crippen molar-refractivity contribution in [3.8, 4) is 11.5 Å². The maximum absolute atomic E-state index is 12.0. The zero-order chi connectivity index (χ0) is 13.8. The molecule has 1 aromatic carbocycles. The zero-order valence-electron chi connectivity index (χ0n) is 11.0. The van der Waals surface area contributed by atoms with Crippen LogP contribution in [0.2, 0.25) is 0 Å². The summed E-state index contributed by atoms with van der Waals surface area (Å²) >= 11 is 0. The number of amides is 1. The summed E-state index contributed by atoms with van der Waals surface area (Å²) in [6.45, 7) is 0.143. The van der Waals surface area contributed by atoms with E-state index in [0.29, 0.717) is 23.8 Å². The SMILES string of the molecule is COc1ccc(N2C(=O)COCC2CO)c(OC)c1. The first kappa shape index (κ1) is 13.6. The van der Waals surface area contributed by atoms with Crippen molar-refractivity contribution in [2.45, 2.75) is 6.04 Å². The molecule has 104 valence electrons. The van der Waals surface area contributed by atoms with Gasteiger partial charge in [0.1, 0.15) is 18.1 Å². The van der Waals surface area contributed by atoms with Crippen molar-refractivity contribution < 1.29 is 24.1 Å². The first-order valence-corrected chi connectivity index (χ1v) is 5.94. The van der Waals surface area contributed by atoms with Crippen molar-refractivity contribution >= 4 is 11.6 Å². The van der Waals surface area contributed by atoms with E-state index in [1.165, 1.54) is 12.0 Å². The molecule has 0 aromatic heterocycles. The van der Waals surface area contributed by atoms with E-state index in [2.05, 4.69) is 0 Å². The Hall–Kier alpha value is -1.79. The van der Waals surface area contributed by atoms with E-state index in [1.54, 1.807) is 25.3 Å². The van der Waals surface area contributed by atoms with Crippen LogP contribution in [0, 0.1) is 0 Å². The number of hydrogen-bond donors (Lipinski definition) is 1. The molecule has 1 aromatic rings. The zero-order valence-corrected chi connectivity index (χ0v) is 11.0. The summed E-state index contributed by atoms with van der Waals surface area (Å²) in [5.41, 5.74) is 0.607. The predicted molar refractivity (Wildman–Crippen MR) is 68.7 cm³/mol. The molecule has 1 unspecified atom stereocenters. The Bertz CT molecular complexity index is 462. The number of methoxy groups -OCH3 is 2. The lowest BCUT2D eigenvalue weighted by Gasteiger charge is -2.35. The number of hydrogen-bond acceptors (Lipinski definition) is 5. The van der Waals surface area contributed by atoms with Gasteiger partial charge >= 0.3 is 0 Å². The van der Waals surface area contributed by atoms with Crippen LogP contribution in [0.1, 0.15) is 0 Å². The van der Waals surface area contributed by atoms with Crippen LogP contribution in [0.4, 0.5) is 5.69 Å². The number of carbonyl (C=O) groups is 1. The second kappa shape index (κ2) is 5.90. The van der Waals surface area contributed by atoms with E-state index in [1.807, 2.05) is 0 Å². The predicted octanol–water partition coefficient (Wildman–Crippen LogP) is 0.428. The Morgan fingerprint density at radius 1 is 1.42 bits per heavy atom. The van der Waals surface area contributed by atoms with Crippen molar-refractivity contribution in [2.75, 3.05) is 38.9 Å². The second-order valence-corrected chi connectivity index (χ2v) is 4.15. The fourth-order valence-electron chi connectivity index (χ4n) is 2.08. The molecule has 2 rings (SSSR count). The second-order valence-electron chi connectivity index (χ2n) is 4.15. The highest BCUT2D eigenvalue weighted by molar-refractivity contribution is 5.97. The standard InChI is InChI=1S/C13H17NO5/c1-17-10-3-4-11(12(5-10)18-2)14-9(6-15)7-19-8-13(14)16/h3-5,9,15H,6-8H2,1-2H3.